The van der Waals surface area contributed by atoms with Crippen molar-refractivity contribution >= 4 is 41.5 Å². The second kappa shape index (κ2) is 9.46. The molecule has 114 valence electrons. The summed E-state index contributed by atoms with van der Waals surface area (Å²) in [5.74, 6) is -0.127. The van der Waals surface area contributed by atoms with E-state index in [0.29, 0.717) is 22.9 Å². The molecule has 0 radical (unpaired) electrons. The van der Waals surface area contributed by atoms with E-state index in [1.165, 1.54) is 0 Å². The third-order valence-electron chi connectivity index (χ3n) is 2.90. The van der Waals surface area contributed by atoms with Gasteiger partial charge in [0.2, 0.25) is 5.91 Å². The van der Waals surface area contributed by atoms with Crippen molar-refractivity contribution in [3.63, 3.8) is 0 Å². The highest BCUT2D eigenvalue weighted by Gasteiger charge is 2.16. The fraction of sp³-hybridized carbons (Fsp3) is 0.500. The van der Waals surface area contributed by atoms with Gasteiger partial charge in [-0.15, -0.1) is 12.4 Å². The van der Waals surface area contributed by atoms with Gasteiger partial charge in [-0.25, -0.2) is 0 Å². The van der Waals surface area contributed by atoms with E-state index in [0.717, 1.165) is 12.0 Å². The summed E-state index contributed by atoms with van der Waals surface area (Å²) in [5.41, 5.74) is 6.61. The minimum atomic E-state index is -0.450. The van der Waals surface area contributed by atoms with Crippen LogP contribution in [0.4, 0.5) is 0 Å². The van der Waals surface area contributed by atoms with E-state index < -0.39 is 6.04 Å². The van der Waals surface area contributed by atoms with E-state index in [1.807, 2.05) is 13.8 Å². The summed E-state index contributed by atoms with van der Waals surface area (Å²) in [5, 5.41) is 4.12. The van der Waals surface area contributed by atoms with Gasteiger partial charge in [-0.1, -0.05) is 42.6 Å². The zero-order valence-corrected chi connectivity index (χ0v) is 14.0. The van der Waals surface area contributed by atoms with Gasteiger partial charge in [-0.05, 0) is 37.5 Å². The van der Waals surface area contributed by atoms with Gasteiger partial charge in [-0.3, -0.25) is 4.79 Å². The Hall–Kier alpha value is -0.480. The van der Waals surface area contributed by atoms with Crippen molar-refractivity contribution in [3.05, 3.63) is 33.8 Å². The van der Waals surface area contributed by atoms with Crippen LogP contribution in [0.1, 0.15) is 32.3 Å². The summed E-state index contributed by atoms with van der Waals surface area (Å²) < 4.78 is 0. The quantitative estimate of drug-likeness (QED) is 0.832. The third-order valence-corrected chi connectivity index (χ3v) is 3.61. The Morgan fingerprint density at radius 2 is 1.90 bits per heavy atom. The Kier molecular flexibility index (Phi) is 9.23. The van der Waals surface area contributed by atoms with Gasteiger partial charge in [0.1, 0.15) is 0 Å². The first kappa shape index (κ1) is 19.5. The summed E-state index contributed by atoms with van der Waals surface area (Å²) >= 11 is 12.2. The van der Waals surface area contributed by atoms with Crippen LogP contribution in [0.25, 0.3) is 0 Å². The number of halogens is 3. The molecule has 0 fully saturated rings. The number of carbonyl (C=O) groups excluding carboxylic acids is 1. The normalized spacial score (nSPS) is 13.2. The van der Waals surface area contributed by atoms with Gasteiger partial charge >= 0.3 is 0 Å². The number of hydrogen-bond donors (Lipinski definition) is 2. The molecular formula is C14H21Cl3N2O. The lowest BCUT2D eigenvalue weighted by Crippen LogP contribution is -2.45. The molecule has 0 saturated carbocycles. The first-order valence-electron chi connectivity index (χ1n) is 6.44. The smallest absolute Gasteiger partial charge is 0.237 e. The van der Waals surface area contributed by atoms with Crippen LogP contribution >= 0.6 is 35.6 Å². The average Bonchev–Trinajstić information content (AvgIpc) is 2.34. The molecule has 0 aliphatic carbocycles. The predicted octanol–water partition coefficient (Wildman–Crippen LogP) is 3.59. The number of benzene rings is 1. The molecule has 2 unspecified atom stereocenters. The number of amides is 1. The highest BCUT2D eigenvalue weighted by atomic mass is 35.5. The summed E-state index contributed by atoms with van der Waals surface area (Å²) in [6.07, 6.45) is 2.16. The second-order valence-corrected chi connectivity index (χ2v) is 5.52. The van der Waals surface area contributed by atoms with Crippen LogP contribution in [-0.2, 0) is 11.2 Å². The van der Waals surface area contributed by atoms with Crippen LogP contribution < -0.4 is 11.1 Å². The third kappa shape index (κ3) is 5.88. The molecule has 0 spiro atoms. The topological polar surface area (TPSA) is 55.1 Å². The average molecular weight is 340 g/mol. The van der Waals surface area contributed by atoms with Crippen molar-refractivity contribution in [1.82, 2.24) is 5.32 Å². The predicted molar refractivity (Wildman–Crippen MR) is 87.9 cm³/mol. The zero-order chi connectivity index (χ0) is 14.4. The van der Waals surface area contributed by atoms with Crippen molar-refractivity contribution in [2.45, 2.75) is 45.2 Å². The molecule has 1 amide bonds. The van der Waals surface area contributed by atoms with Gasteiger partial charge in [-0.2, -0.15) is 0 Å². The molecule has 0 aliphatic heterocycles. The van der Waals surface area contributed by atoms with Gasteiger partial charge in [0.25, 0.3) is 0 Å². The molecule has 0 saturated heterocycles. The van der Waals surface area contributed by atoms with Crippen molar-refractivity contribution in [1.29, 1.82) is 0 Å². The molecule has 0 aromatic heterocycles. The van der Waals surface area contributed by atoms with Crippen molar-refractivity contribution in [2.24, 2.45) is 5.73 Å². The largest absolute Gasteiger partial charge is 0.352 e. The lowest BCUT2D eigenvalue weighted by atomic mass is 10.1. The standard InChI is InChI=1S/C14H20Cl2N2O.ClH/c1-3-5-13(17)14(19)18-9(2)8-10-11(15)6-4-7-12(10)16;/h4,6-7,9,13H,3,5,8,17H2,1-2H3,(H,18,19);1H. The molecule has 0 bridgehead atoms. The van der Waals surface area contributed by atoms with E-state index in [2.05, 4.69) is 5.32 Å². The molecule has 6 heteroatoms. The number of nitrogens with one attached hydrogen (secondary N) is 1. The molecule has 3 nitrogen and oxygen atoms in total. The van der Waals surface area contributed by atoms with Crippen LogP contribution in [-0.4, -0.2) is 18.0 Å². The Morgan fingerprint density at radius 1 is 1.35 bits per heavy atom. The molecule has 0 heterocycles. The first-order valence-corrected chi connectivity index (χ1v) is 7.20. The number of nitrogens with two attached hydrogens (primary N) is 1. The highest BCUT2D eigenvalue weighted by molar-refractivity contribution is 6.36. The van der Waals surface area contributed by atoms with Gasteiger partial charge in [0, 0.05) is 16.1 Å². The maximum absolute atomic E-state index is 11.8. The SMILES string of the molecule is CCCC(N)C(=O)NC(C)Cc1c(Cl)cccc1Cl.Cl. The van der Waals surface area contributed by atoms with E-state index in [-0.39, 0.29) is 24.4 Å². The fourth-order valence-electron chi connectivity index (χ4n) is 1.88. The van der Waals surface area contributed by atoms with Crippen LogP contribution in [0.5, 0.6) is 0 Å². The molecule has 1 aromatic rings. The van der Waals surface area contributed by atoms with Crippen LogP contribution in [0, 0.1) is 0 Å². The van der Waals surface area contributed by atoms with Crippen molar-refractivity contribution < 1.29 is 4.79 Å². The summed E-state index contributed by atoms with van der Waals surface area (Å²) in [6, 6.07) is 4.87. The van der Waals surface area contributed by atoms with E-state index in [4.69, 9.17) is 28.9 Å². The summed E-state index contributed by atoms with van der Waals surface area (Å²) in [6.45, 7) is 3.91. The number of carbonyl (C=O) groups is 1. The molecule has 20 heavy (non-hydrogen) atoms. The lowest BCUT2D eigenvalue weighted by Gasteiger charge is -2.18. The van der Waals surface area contributed by atoms with Gasteiger partial charge in [0.15, 0.2) is 0 Å². The van der Waals surface area contributed by atoms with Crippen molar-refractivity contribution in [3.8, 4) is 0 Å². The molecule has 1 rings (SSSR count). The summed E-state index contributed by atoms with van der Waals surface area (Å²) in [4.78, 5) is 11.8. The minimum Gasteiger partial charge on any atom is -0.352 e. The van der Waals surface area contributed by atoms with Crippen molar-refractivity contribution in [2.75, 3.05) is 0 Å². The van der Waals surface area contributed by atoms with E-state index in [9.17, 15) is 4.79 Å². The first-order chi connectivity index (χ1) is 8.95. The zero-order valence-electron chi connectivity index (χ0n) is 11.7. The Labute approximate surface area is 136 Å². The number of hydrogen-bond acceptors (Lipinski definition) is 2. The lowest BCUT2D eigenvalue weighted by molar-refractivity contribution is -0.123. The maximum atomic E-state index is 11.8. The maximum Gasteiger partial charge on any atom is 0.237 e. The van der Waals surface area contributed by atoms with Gasteiger partial charge < -0.3 is 11.1 Å². The van der Waals surface area contributed by atoms with E-state index in [1.54, 1.807) is 18.2 Å². The minimum absolute atomic E-state index is 0. The summed E-state index contributed by atoms with van der Waals surface area (Å²) in [7, 11) is 0. The Balaban J connectivity index is 0.00000361. The van der Waals surface area contributed by atoms with E-state index >= 15 is 0 Å². The van der Waals surface area contributed by atoms with Crippen LogP contribution in [0.15, 0.2) is 18.2 Å². The number of rotatable bonds is 6. The second-order valence-electron chi connectivity index (χ2n) is 4.71. The monoisotopic (exact) mass is 338 g/mol. The van der Waals surface area contributed by atoms with Gasteiger partial charge in [0.05, 0.1) is 6.04 Å². The molecule has 2 atom stereocenters. The molecular weight excluding hydrogens is 319 g/mol. The fourth-order valence-corrected chi connectivity index (χ4v) is 2.43. The van der Waals surface area contributed by atoms with Crippen LogP contribution in [0.2, 0.25) is 10.0 Å². The highest BCUT2D eigenvalue weighted by Crippen LogP contribution is 2.25. The molecule has 1 aromatic carbocycles. The Morgan fingerprint density at radius 3 is 2.40 bits per heavy atom. The molecule has 0 aliphatic rings. The Bertz CT molecular complexity index is 420. The van der Waals surface area contributed by atoms with Crippen LogP contribution in [0.3, 0.4) is 0 Å². The molecule has 3 N–H and O–H groups in total.